The molecule has 0 radical (unpaired) electrons. The highest BCUT2D eigenvalue weighted by atomic mass is 32.2. The molecule has 2 aromatic carbocycles. The summed E-state index contributed by atoms with van der Waals surface area (Å²) in [5.41, 5.74) is -0.663. The number of carbonyl (C=O) groups excluding carboxylic acids is 2. The van der Waals surface area contributed by atoms with Gasteiger partial charge in [0.15, 0.2) is 6.61 Å². The van der Waals surface area contributed by atoms with Crippen molar-refractivity contribution in [1.82, 2.24) is 4.31 Å². The third kappa shape index (κ3) is 5.31. The van der Waals surface area contributed by atoms with Gasteiger partial charge in [-0.15, -0.1) is 0 Å². The summed E-state index contributed by atoms with van der Waals surface area (Å²) >= 11 is 0. The molecule has 1 saturated heterocycles. The minimum atomic E-state index is -3.93. The molecule has 2 aromatic rings. The smallest absolute Gasteiger partial charge is 0.338 e. The van der Waals surface area contributed by atoms with Gasteiger partial charge in [-0.3, -0.25) is 4.79 Å². The first-order valence-corrected chi connectivity index (χ1v) is 11.5. The molecule has 32 heavy (non-hydrogen) atoms. The topological polar surface area (TPSA) is 90.0 Å². The average molecular weight is 467 g/mol. The van der Waals surface area contributed by atoms with E-state index in [0.29, 0.717) is 19.2 Å². The monoisotopic (exact) mass is 467 g/mol. The molecule has 0 amide bonds. The number of nitrogens with zero attached hydrogens (tertiary/aromatic N) is 1. The number of esters is 1. The van der Waals surface area contributed by atoms with Crippen LogP contribution in [0.2, 0.25) is 0 Å². The largest absolute Gasteiger partial charge is 0.495 e. The summed E-state index contributed by atoms with van der Waals surface area (Å²) in [5.74, 6) is -3.59. The van der Waals surface area contributed by atoms with Gasteiger partial charge in [0.05, 0.1) is 18.2 Å². The molecule has 0 aromatic heterocycles. The van der Waals surface area contributed by atoms with Gasteiger partial charge < -0.3 is 9.47 Å². The fourth-order valence-corrected chi connectivity index (χ4v) is 5.13. The van der Waals surface area contributed by atoms with E-state index in [-0.39, 0.29) is 16.2 Å². The number of Topliss-reactive ketones (excluding diaryl/α,β-unsaturated/α-hetero) is 1. The number of hydrogen-bond donors (Lipinski definition) is 0. The van der Waals surface area contributed by atoms with E-state index >= 15 is 0 Å². The molecular weight excluding hydrogens is 444 g/mol. The van der Waals surface area contributed by atoms with Gasteiger partial charge in [-0.25, -0.2) is 22.0 Å². The Bertz CT molecular complexity index is 1110. The third-order valence-corrected chi connectivity index (χ3v) is 7.07. The van der Waals surface area contributed by atoms with E-state index in [9.17, 15) is 26.8 Å². The second kappa shape index (κ2) is 10.2. The molecular formula is C22H23F2NO6S. The lowest BCUT2D eigenvalue weighted by Crippen LogP contribution is -2.32. The molecule has 0 unspecified atom stereocenters. The molecule has 172 valence electrons. The first-order chi connectivity index (χ1) is 15.2. The summed E-state index contributed by atoms with van der Waals surface area (Å²) in [5, 5.41) is 0. The summed E-state index contributed by atoms with van der Waals surface area (Å²) in [6.45, 7) is -0.0961. The first kappa shape index (κ1) is 23.8. The second-order valence-corrected chi connectivity index (χ2v) is 9.21. The van der Waals surface area contributed by atoms with Crippen LogP contribution in [0.25, 0.3) is 0 Å². The molecule has 1 aliphatic rings. The fraction of sp³-hybridized carbons (Fsp3) is 0.364. The minimum absolute atomic E-state index is 0.0729. The van der Waals surface area contributed by atoms with E-state index < -0.39 is 45.6 Å². The molecule has 1 heterocycles. The van der Waals surface area contributed by atoms with E-state index in [0.717, 1.165) is 43.9 Å². The molecule has 0 atom stereocenters. The Labute approximate surface area is 185 Å². The van der Waals surface area contributed by atoms with E-state index in [4.69, 9.17) is 9.47 Å². The van der Waals surface area contributed by atoms with Gasteiger partial charge >= 0.3 is 5.97 Å². The number of carbonyl (C=O) groups is 2. The van der Waals surface area contributed by atoms with Crippen LogP contribution in [0.3, 0.4) is 0 Å². The predicted octanol–water partition coefficient (Wildman–Crippen LogP) is 3.58. The maximum atomic E-state index is 13.7. The predicted molar refractivity (Wildman–Crippen MR) is 111 cm³/mol. The van der Waals surface area contributed by atoms with Gasteiger partial charge in [0, 0.05) is 13.1 Å². The van der Waals surface area contributed by atoms with E-state index in [1.807, 2.05) is 0 Å². The maximum absolute atomic E-state index is 13.7. The Morgan fingerprint density at radius 2 is 1.69 bits per heavy atom. The van der Waals surface area contributed by atoms with Gasteiger partial charge in [-0.05, 0) is 49.2 Å². The number of rotatable bonds is 7. The summed E-state index contributed by atoms with van der Waals surface area (Å²) in [4.78, 5) is 24.4. The number of methoxy groups -OCH3 is 1. The van der Waals surface area contributed by atoms with Crippen LogP contribution in [0.15, 0.2) is 41.3 Å². The van der Waals surface area contributed by atoms with Gasteiger partial charge in [0.1, 0.15) is 22.3 Å². The molecule has 10 heteroatoms. The standard InChI is InChI=1S/C22H23F2NO6S/c1-30-20-9-6-15(12-21(20)32(28,29)25-10-4-2-3-5-11-25)22(27)31-14-19(26)17-13-16(23)7-8-18(17)24/h6-9,12-13H,2-5,10-11,14H2,1H3. The van der Waals surface area contributed by atoms with Crippen LogP contribution < -0.4 is 4.74 Å². The van der Waals surface area contributed by atoms with Crippen LogP contribution in [-0.4, -0.2) is 51.3 Å². The third-order valence-electron chi connectivity index (χ3n) is 5.15. The van der Waals surface area contributed by atoms with Gasteiger partial charge in [0.25, 0.3) is 0 Å². The SMILES string of the molecule is COc1ccc(C(=O)OCC(=O)c2cc(F)ccc2F)cc1S(=O)(=O)N1CCCCCC1. The second-order valence-electron chi connectivity index (χ2n) is 7.31. The fourth-order valence-electron chi connectivity index (χ4n) is 3.43. The molecule has 0 bridgehead atoms. The molecule has 0 N–H and O–H groups in total. The summed E-state index contributed by atoms with van der Waals surface area (Å²) in [7, 11) is -2.61. The number of halogens is 2. The zero-order chi connectivity index (χ0) is 23.3. The lowest BCUT2D eigenvalue weighted by Gasteiger charge is -2.21. The van der Waals surface area contributed by atoms with Crippen molar-refractivity contribution < 1.29 is 36.3 Å². The van der Waals surface area contributed by atoms with Gasteiger partial charge in [0.2, 0.25) is 15.8 Å². The molecule has 0 spiro atoms. The van der Waals surface area contributed by atoms with Crippen molar-refractivity contribution in [3.8, 4) is 5.75 Å². The van der Waals surface area contributed by atoms with Crippen LogP contribution in [0, 0.1) is 11.6 Å². The van der Waals surface area contributed by atoms with Crippen LogP contribution >= 0.6 is 0 Å². The maximum Gasteiger partial charge on any atom is 0.338 e. The molecule has 0 saturated carbocycles. The highest BCUT2D eigenvalue weighted by Crippen LogP contribution is 2.29. The van der Waals surface area contributed by atoms with Gasteiger partial charge in [-0.2, -0.15) is 4.31 Å². The minimum Gasteiger partial charge on any atom is -0.495 e. The number of sulfonamides is 1. The molecule has 7 nitrogen and oxygen atoms in total. The Morgan fingerprint density at radius 3 is 2.34 bits per heavy atom. The van der Waals surface area contributed by atoms with Crippen molar-refractivity contribution in [2.45, 2.75) is 30.6 Å². The summed E-state index contributed by atoms with van der Waals surface area (Å²) in [6.07, 6.45) is 3.36. The highest BCUT2D eigenvalue weighted by Gasteiger charge is 2.29. The Morgan fingerprint density at radius 1 is 1.00 bits per heavy atom. The van der Waals surface area contributed by atoms with Gasteiger partial charge in [-0.1, -0.05) is 12.8 Å². The highest BCUT2D eigenvalue weighted by molar-refractivity contribution is 7.89. The van der Waals surface area contributed by atoms with E-state index in [2.05, 4.69) is 0 Å². The lowest BCUT2D eigenvalue weighted by atomic mass is 10.1. The van der Waals surface area contributed by atoms with E-state index in [1.165, 1.54) is 23.5 Å². The molecule has 0 aliphatic carbocycles. The van der Waals surface area contributed by atoms with Crippen molar-refractivity contribution in [2.24, 2.45) is 0 Å². The Kier molecular flexibility index (Phi) is 7.57. The van der Waals surface area contributed by atoms with Crippen molar-refractivity contribution >= 4 is 21.8 Å². The molecule has 1 aliphatic heterocycles. The summed E-state index contributed by atoms with van der Waals surface area (Å²) < 4.78 is 64.8. The average Bonchev–Trinajstić information content (AvgIpc) is 3.08. The number of hydrogen-bond acceptors (Lipinski definition) is 6. The van der Waals surface area contributed by atoms with Crippen LogP contribution in [0.1, 0.15) is 46.4 Å². The zero-order valence-corrected chi connectivity index (χ0v) is 18.3. The normalized spacial score (nSPS) is 15.1. The Hall–Kier alpha value is -2.85. The first-order valence-electron chi connectivity index (χ1n) is 10.1. The number of benzene rings is 2. The van der Waals surface area contributed by atoms with Crippen LogP contribution in [-0.2, 0) is 14.8 Å². The Balaban J connectivity index is 1.80. The van der Waals surface area contributed by atoms with Crippen LogP contribution in [0.5, 0.6) is 5.75 Å². The molecule has 1 fully saturated rings. The summed E-state index contributed by atoms with van der Waals surface area (Å²) in [6, 6.07) is 6.14. The van der Waals surface area contributed by atoms with Crippen molar-refractivity contribution in [2.75, 3.05) is 26.8 Å². The van der Waals surface area contributed by atoms with Crippen molar-refractivity contribution in [3.05, 3.63) is 59.2 Å². The van der Waals surface area contributed by atoms with Crippen molar-refractivity contribution in [1.29, 1.82) is 0 Å². The zero-order valence-electron chi connectivity index (χ0n) is 17.5. The number of ketones is 1. The van der Waals surface area contributed by atoms with Crippen LogP contribution in [0.4, 0.5) is 8.78 Å². The van der Waals surface area contributed by atoms with E-state index in [1.54, 1.807) is 0 Å². The number of ether oxygens (including phenoxy) is 2. The molecule has 3 rings (SSSR count). The quantitative estimate of drug-likeness (QED) is 0.457. The lowest BCUT2D eigenvalue weighted by molar-refractivity contribution is 0.0473. The van der Waals surface area contributed by atoms with Crippen molar-refractivity contribution in [3.63, 3.8) is 0 Å².